The van der Waals surface area contributed by atoms with Gasteiger partial charge in [-0.1, -0.05) is 161 Å². The Hall–Kier alpha value is -6.38. The Morgan fingerprint density at radius 2 is 0.821 bits per heavy atom. The van der Waals surface area contributed by atoms with Gasteiger partial charge in [0.1, 0.15) is 0 Å². The van der Waals surface area contributed by atoms with Crippen LogP contribution in [0.3, 0.4) is 0 Å². The van der Waals surface area contributed by atoms with E-state index in [4.69, 9.17) is 0 Å². The van der Waals surface area contributed by atoms with E-state index < -0.39 is 0 Å². The molecule has 0 heterocycles. The molecule has 0 fully saturated rings. The van der Waals surface area contributed by atoms with Crippen LogP contribution in [0, 0.1) is 0 Å². The summed E-state index contributed by atoms with van der Waals surface area (Å²) in [5.41, 5.74) is 14.7. The Kier molecular flexibility index (Phi) is 9.06. The highest BCUT2D eigenvalue weighted by Gasteiger charge is 2.39. The molecule has 8 aromatic carbocycles. The summed E-state index contributed by atoms with van der Waals surface area (Å²) in [6.45, 7) is 9.68. The minimum absolute atomic E-state index is 0.0259. The molecule has 1 aliphatic rings. The number of fused-ring (bicyclic) bond motifs is 2. The van der Waals surface area contributed by atoms with Crippen molar-refractivity contribution in [3.8, 4) is 22.3 Å². The molecule has 8 aromatic rings. The van der Waals surface area contributed by atoms with Gasteiger partial charge in [-0.15, -0.1) is 0 Å². The fourth-order valence-electron chi connectivity index (χ4n) is 8.80. The van der Waals surface area contributed by atoms with E-state index in [1.165, 1.54) is 56.3 Å². The molecule has 0 bridgehead atoms. The first-order valence-corrected chi connectivity index (χ1v) is 19.9. The maximum Gasteiger partial charge on any atom is 0.0540 e. The summed E-state index contributed by atoms with van der Waals surface area (Å²) < 4.78 is 0. The first kappa shape index (κ1) is 35.3. The lowest BCUT2D eigenvalue weighted by Gasteiger charge is -2.44. The molecular formula is C54H48N2. The molecule has 0 unspecified atom stereocenters. The van der Waals surface area contributed by atoms with Gasteiger partial charge in [-0.25, -0.2) is 0 Å². The number of benzene rings is 8. The fraction of sp³-hybridized carbons (Fsp3) is 0.148. The number of anilines is 6. The summed E-state index contributed by atoms with van der Waals surface area (Å²) >= 11 is 0. The van der Waals surface area contributed by atoms with E-state index in [9.17, 15) is 0 Å². The lowest BCUT2D eigenvalue weighted by Crippen LogP contribution is -2.35. The molecule has 274 valence electrons. The average Bonchev–Trinajstić information content (AvgIpc) is 3.24. The van der Waals surface area contributed by atoms with Crippen molar-refractivity contribution < 1.29 is 0 Å². The van der Waals surface area contributed by atoms with Gasteiger partial charge in [-0.3, -0.25) is 0 Å². The van der Waals surface area contributed by atoms with Crippen LogP contribution >= 0.6 is 0 Å². The first-order valence-electron chi connectivity index (χ1n) is 19.9. The number of hydrogen-bond donors (Lipinski definition) is 0. The Bertz CT molecular complexity index is 2630. The molecule has 9 rings (SSSR count). The van der Waals surface area contributed by atoms with Crippen LogP contribution in [0.5, 0.6) is 0 Å². The standard InChI is InChI=1S/C54H48N2/c1-53(2)35-36-54(3,4)52-49(53)28-16-30-51(52)56(45-33-31-40(32-34-45)39-17-7-5-8-18-39)47-26-14-22-43(38-47)42-21-13-25-46(37-42)55(44-23-9-6-10-24-44)50-29-15-20-41-19-11-12-27-48(41)50/h5-34,37-38H,35-36H2,1-4H3. The van der Waals surface area contributed by atoms with Gasteiger partial charge in [-0.2, -0.15) is 0 Å². The second-order valence-corrected chi connectivity index (χ2v) is 16.5. The Labute approximate surface area is 332 Å². The lowest BCUT2D eigenvalue weighted by molar-refractivity contribution is 0.332. The van der Waals surface area contributed by atoms with Gasteiger partial charge in [0.25, 0.3) is 0 Å². The van der Waals surface area contributed by atoms with Crippen molar-refractivity contribution in [2.45, 2.75) is 51.4 Å². The van der Waals surface area contributed by atoms with E-state index in [0.717, 1.165) is 34.9 Å². The summed E-state index contributed by atoms with van der Waals surface area (Å²) in [4.78, 5) is 4.88. The maximum atomic E-state index is 2.50. The highest BCUT2D eigenvalue weighted by molar-refractivity contribution is 5.99. The van der Waals surface area contributed by atoms with Crippen LogP contribution in [-0.2, 0) is 10.8 Å². The van der Waals surface area contributed by atoms with E-state index in [0.29, 0.717) is 0 Å². The first-order chi connectivity index (χ1) is 27.3. The minimum Gasteiger partial charge on any atom is -0.310 e. The van der Waals surface area contributed by atoms with Gasteiger partial charge in [0.2, 0.25) is 0 Å². The zero-order valence-electron chi connectivity index (χ0n) is 32.8. The van der Waals surface area contributed by atoms with Crippen molar-refractivity contribution in [2.24, 2.45) is 0 Å². The Morgan fingerprint density at radius 1 is 0.357 bits per heavy atom. The second kappa shape index (κ2) is 14.4. The Morgan fingerprint density at radius 3 is 1.52 bits per heavy atom. The summed E-state index contributed by atoms with van der Waals surface area (Å²) in [7, 11) is 0. The predicted molar refractivity (Wildman–Crippen MR) is 239 cm³/mol. The van der Waals surface area contributed by atoms with Crippen molar-refractivity contribution in [1.29, 1.82) is 0 Å². The summed E-state index contributed by atoms with van der Waals surface area (Å²) in [6, 6.07) is 70.8. The van der Waals surface area contributed by atoms with Crippen LogP contribution in [0.15, 0.2) is 194 Å². The minimum atomic E-state index is 0.0259. The highest BCUT2D eigenvalue weighted by atomic mass is 15.2. The zero-order chi connectivity index (χ0) is 38.3. The predicted octanol–water partition coefficient (Wildman–Crippen LogP) is 15.5. The number of rotatable bonds is 8. The van der Waals surface area contributed by atoms with Crippen molar-refractivity contribution in [3.05, 3.63) is 205 Å². The molecular weight excluding hydrogens is 677 g/mol. The van der Waals surface area contributed by atoms with Gasteiger partial charge >= 0.3 is 0 Å². The molecule has 2 heteroatoms. The molecule has 0 aliphatic heterocycles. The topological polar surface area (TPSA) is 6.48 Å². The monoisotopic (exact) mass is 724 g/mol. The molecule has 1 aliphatic carbocycles. The third-order valence-corrected chi connectivity index (χ3v) is 11.9. The van der Waals surface area contributed by atoms with E-state index in [1.54, 1.807) is 0 Å². The molecule has 0 saturated carbocycles. The van der Waals surface area contributed by atoms with Crippen LogP contribution in [-0.4, -0.2) is 0 Å². The SMILES string of the molecule is CC1(C)CCC(C)(C)c2c(N(c3ccc(-c4ccccc4)cc3)c3cccc(-c4cccc(N(c5ccccc5)c5cccc6ccccc56)c4)c3)cccc21. The molecule has 0 aromatic heterocycles. The van der Waals surface area contributed by atoms with Gasteiger partial charge in [0.15, 0.2) is 0 Å². The van der Waals surface area contributed by atoms with Crippen LogP contribution in [0.1, 0.15) is 51.7 Å². The zero-order valence-corrected chi connectivity index (χ0v) is 32.8. The Balaban J connectivity index is 1.19. The van der Waals surface area contributed by atoms with E-state index >= 15 is 0 Å². The third-order valence-electron chi connectivity index (χ3n) is 11.9. The third kappa shape index (κ3) is 6.56. The molecule has 0 spiro atoms. The van der Waals surface area contributed by atoms with Crippen LogP contribution in [0.2, 0.25) is 0 Å². The summed E-state index contributed by atoms with van der Waals surface area (Å²) in [6.07, 6.45) is 2.32. The van der Waals surface area contributed by atoms with Crippen molar-refractivity contribution in [1.82, 2.24) is 0 Å². The van der Waals surface area contributed by atoms with Crippen LogP contribution < -0.4 is 9.80 Å². The normalized spacial score (nSPS) is 14.2. The number of nitrogens with zero attached hydrogens (tertiary/aromatic N) is 2. The fourth-order valence-corrected chi connectivity index (χ4v) is 8.80. The molecule has 0 N–H and O–H groups in total. The molecule has 0 radical (unpaired) electrons. The molecule has 0 saturated heterocycles. The quantitative estimate of drug-likeness (QED) is 0.154. The van der Waals surface area contributed by atoms with E-state index in [1.807, 2.05) is 0 Å². The highest BCUT2D eigenvalue weighted by Crippen LogP contribution is 2.52. The smallest absolute Gasteiger partial charge is 0.0540 e. The van der Waals surface area contributed by atoms with Crippen molar-refractivity contribution >= 4 is 44.9 Å². The average molecular weight is 725 g/mol. The van der Waals surface area contributed by atoms with Crippen LogP contribution in [0.4, 0.5) is 34.1 Å². The van der Waals surface area contributed by atoms with Gasteiger partial charge in [0, 0.05) is 28.1 Å². The maximum absolute atomic E-state index is 2.50. The largest absolute Gasteiger partial charge is 0.310 e. The summed E-state index contributed by atoms with van der Waals surface area (Å²) in [5, 5.41) is 2.44. The van der Waals surface area contributed by atoms with E-state index in [-0.39, 0.29) is 10.8 Å². The molecule has 2 nitrogen and oxygen atoms in total. The van der Waals surface area contributed by atoms with Crippen molar-refractivity contribution in [3.63, 3.8) is 0 Å². The number of para-hydroxylation sites is 1. The van der Waals surface area contributed by atoms with E-state index in [2.05, 4.69) is 232 Å². The van der Waals surface area contributed by atoms with Gasteiger partial charge < -0.3 is 9.80 Å². The second-order valence-electron chi connectivity index (χ2n) is 16.5. The lowest BCUT2D eigenvalue weighted by atomic mass is 9.62. The van der Waals surface area contributed by atoms with Gasteiger partial charge in [0.05, 0.1) is 11.4 Å². The summed E-state index contributed by atoms with van der Waals surface area (Å²) in [5.74, 6) is 0. The number of hydrogen-bond acceptors (Lipinski definition) is 2. The van der Waals surface area contributed by atoms with Crippen molar-refractivity contribution in [2.75, 3.05) is 9.80 Å². The molecule has 0 amide bonds. The molecule has 56 heavy (non-hydrogen) atoms. The van der Waals surface area contributed by atoms with Gasteiger partial charge in [-0.05, 0) is 123 Å². The molecule has 0 atom stereocenters. The van der Waals surface area contributed by atoms with Crippen LogP contribution in [0.25, 0.3) is 33.0 Å².